The van der Waals surface area contributed by atoms with Gasteiger partial charge >= 0.3 is 12.1 Å². The number of carboxylic acid groups (broad SMARTS) is 1. The van der Waals surface area contributed by atoms with Crippen LogP contribution < -0.4 is 10.6 Å². The monoisotopic (exact) mass is 442 g/mol. The molecule has 3 rings (SSSR count). The molecule has 0 fully saturated rings. The Labute approximate surface area is 183 Å². The molecule has 0 saturated heterocycles. The van der Waals surface area contributed by atoms with Gasteiger partial charge < -0.3 is 10.8 Å². The van der Waals surface area contributed by atoms with Crippen molar-refractivity contribution >= 4 is 41.3 Å². The fourth-order valence-corrected chi connectivity index (χ4v) is 2.51. The van der Waals surface area contributed by atoms with E-state index in [4.69, 9.17) is 15.6 Å². The number of anilines is 4. The summed E-state index contributed by atoms with van der Waals surface area (Å²) in [5.41, 5.74) is 10.8. The highest BCUT2D eigenvalue weighted by Crippen LogP contribution is 2.33. The molecule has 2 aromatic carbocycles. The van der Waals surface area contributed by atoms with Gasteiger partial charge in [0, 0.05) is 23.1 Å². The average molecular weight is 442 g/mol. The summed E-state index contributed by atoms with van der Waals surface area (Å²) in [7, 11) is 0. The molecule has 166 valence electrons. The van der Waals surface area contributed by atoms with Gasteiger partial charge in [-0.1, -0.05) is 49.6 Å². The standard InChI is InChI=1S/C21H20N4.C2HF3O2/c1-4-16-8-6-10-18(12-16)25(19-11-7-9-17(5-2)13-19)21-23-14-15(3)20(22)24-21;3-2(4,5)1(6)7/h4-14H,1-2H2,3H3,(H2,22,23,24);(H,6,7). The first kappa shape index (κ1) is 24.1. The fourth-order valence-electron chi connectivity index (χ4n) is 2.51. The average Bonchev–Trinajstić information content (AvgIpc) is 2.76. The van der Waals surface area contributed by atoms with Crippen molar-refractivity contribution in [3.63, 3.8) is 0 Å². The molecule has 0 bridgehead atoms. The highest BCUT2D eigenvalue weighted by molar-refractivity contribution is 5.76. The Kier molecular flexibility index (Phi) is 7.73. The van der Waals surface area contributed by atoms with Crippen LogP contribution in [-0.4, -0.2) is 27.2 Å². The predicted octanol–water partition coefficient (Wildman–Crippen LogP) is 5.76. The van der Waals surface area contributed by atoms with Crippen molar-refractivity contribution < 1.29 is 23.1 Å². The number of aliphatic carboxylic acids is 1. The van der Waals surface area contributed by atoms with E-state index in [0.717, 1.165) is 28.1 Å². The molecule has 32 heavy (non-hydrogen) atoms. The van der Waals surface area contributed by atoms with Crippen molar-refractivity contribution in [2.24, 2.45) is 0 Å². The van der Waals surface area contributed by atoms with E-state index in [1.165, 1.54) is 0 Å². The first-order chi connectivity index (χ1) is 15.1. The minimum Gasteiger partial charge on any atom is -0.475 e. The van der Waals surface area contributed by atoms with Crippen molar-refractivity contribution in [3.8, 4) is 0 Å². The van der Waals surface area contributed by atoms with E-state index >= 15 is 0 Å². The maximum atomic E-state index is 10.6. The first-order valence-corrected chi connectivity index (χ1v) is 9.21. The Morgan fingerprint density at radius 3 is 1.91 bits per heavy atom. The van der Waals surface area contributed by atoms with Crippen molar-refractivity contribution in [1.29, 1.82) is 0 Å². The number of nitrogens with zero attached hydrogens (tertiary/aromatic N) is 3. The number of hydrogen-bond donors (Lipinski definition) is 2. The minimum atomic E-state index is -5.08. The van der Waals surface area contributed by atoms with E-state index in [1.54, 1.807) is 6.20 Å². The molecule has 3 N–H and O–H groups in total. The van der Waals surface area contributed by atoms with Gasteiger partial charge in [-0.15, -0.1) is 0 Å². The normalized spacial score (nSPS) is 10.5. The zero-order valence-electron chi connectivity index (χ0n) is 17.2. The number of halogens is 3. The Bertz CT molecular complexity index is 1080. The molecule has 0 radical (unpaired) electrons. The molecule has 1 aromatic heterocycles. The van der Waals surface area contributed by atoms with Crippen molar-refractivity contribution in [2.75, 3.05) is 10.6 Å². The second-order valence-corrected chi connectivity index (χ2v) is 6.47. The summed E-state index contributed by atoms with van der Waals surface area (Å²) in [6.07, 6.45) is 0.276. The van der Waals surface area contributed by atoms with E-state index in [1.807, 2.05) is 72.5 Å². The highest BCUT2D eigenvalue weighted by atomic mass is 19.4. The molecule has 0 amide bonds. The van der Waals surface area contributed by atoms with Gasteiger partial charge in [0.05, 0.1) is 0 Å². The number of hydrogen-bond acceptors (Lipinski definition) is 5. The lowest BCUT2D eigenvalue weighted by Crippen LogP contribution is -2.21. The molecule has 9 heteroatoms. The molecule has 0 aliphatic heterocycles. The van der Waals surface area contributed by atoms with E-state index in [2.05, 4.69) is 23.1 Å². The molecule has 1 heterocycles. The number of aromatic nitrogens is 2. The van der Waals surface area contributed by atoms with Crippen LogP contribution in [0.1, 0.15) is 16.7 Å². The Hall–Kier alpha value is -4.14. The van der Waals surface area contributed by atoms with Crippen LogP contribution in [0.2, 0.25) is 0 Å². The smallest absolute Gasteiger partial charge is 0.475 e. The zero-order chi connectivity index (χ0) is 23.9. The Morgan fingerprint density at radius 2 is 1.53 bits per heavy atom. The number of alkyl halides is 3. The zero-order valence-corrected chi connectivity index (χ0v) is 17.2. The molecule has 3 aromatic rings. The second kappa shape index (κ2) is 10.3. The van der Waals surface area contributed by atoms with Crippen LogP contribution in [0.3, 0.4) is 0 Å². The maximum Gasteiger partial charge on any atom is 0.490 e. The van der Waals surface area contributed by atoms with Gasteiger partial charge in [0.15, 0.2) is 0 Å². The third-order valence-electron chi connectivity index (χ3n) is 4.17. The molecule has 0 unspecified atom stereocenters. The molecule has 0 atom stereocenters. The quantitative estimate of drug-likeness (QED) is 0.522. The van der Waals surface area contributed by atoms with Crippen LogP contribution in [0.25, 0.3) is 12.2 Å². The van der Waals surface area contributed by atoms with Gasteiger partial charge in [-0.25, -0.2) is 9.78 Å². The van der Waals surface area contributed by atoms with Crippen LogP contribution in [0, 0.1) is 6.92 Å². The number of nitrogen functional groups attached to an aromatic ring is 1. The number of benzene rings is 2. The molecule has 6 nitrogen and oxygen atoms in total. The van der Waals surface area contributed by atoms with Gasteiger partial charge in [0.2, 0.25) is 5.95 Å². The van der Waals surface area contributed by atoms with Gasteiger partial charge in [-0.3, -0.25) is 4.90 Å². The lowest BCUT2D eigenvalue weighted by atomic mass is 10.1. The van der Waals surface area contributed by atoms with Crippen LogP contribution in [0.5, 0.6) is 0 Å². The van der Waals surface area contributed by atoms with Gasteiger partial charge in [-0.2, -0.15) is 18.2 Å². The van der Waals surface area contributed by atoms with Crippen LogP contribution in [0.15, 0.2) is 67.9 Å². The molecule has 0 aliphatic carbocycles. The van der Waals surface area contributed by atoms with Crippen LogP contribution in [-0.2, 0) is 4.79 Å². The summed E-state index contributed by atoms with van der Waals surface area (Å²) >= 11 is 0. The first-order valence-electron chi connectivity index (χ1n) is 9.21. The maximum absolute atomic E-state index is 10.6. The van der Waals surface area contributed by atoms with E-state index in [9.17, 15) is 13.2 Å². The van der Waals surface area contributed by atoms with E-state index < -0.39 is 12.1 Å². The lowest BCUT2D eigenvalue weighted by Gasteiger charge is -2.24. The summed E-state index contributed by atoms with van der Waals surface area (Å²) in [5, 5.41) is 7.12. The summed E-state index contributed by atoms with van der Waals surface area (Å²) in [6.45, 7) is 9.58. The number of aryl methyl sites for hydroxylation is 1. The summed E-state index contributed by atoms with van der Waals surface area (Å²) < 4.78 is 31.7. The number of rotatable bonds is 5. The van der Waals surface area contributed by atoms with E-state index in [-0.39, 0.29) is 0 Å². The van der Waals surface area contributed by atoms with Crippen LogP contribution >= 0.6 is 0 Å². The second-order valence-electron chi connectivity index (χ2n) is 6.47. The third kappa shape index (κ3) is 6.18. The van der Waals surface area contributed by atoms with Crippen molar-refractivity contribution in [3.05, 3.63) is 84.6 Å². The summed E-state index contributed by atoms with van der Waals surface area (Å²) in [4.78, 5) is 19.8. The molecule has 0 aliphatic rings. The topological polar surface area (TPSA) is 92.3 Å². The van der Waals surface area contributed by atoms with Crippen molar-refractivity contribution in [1.82, 2.24) is 9.97 Å². The Morgan fingerprint density at radius 1 is 1.06 bits per heavy atom. The predicted molar refractivity (Wildman–Crippen MR) is 120 cm³/mol. The van der Waals surface area contributed by atoms with Crippen molar-refractivity contribution in [2.45, 2.75) is 13.1 Å². The summed E-state index contributed by atoms with van der Waals surface area (Å²) in [6, 6.07) is 16.0. The largest absolute Gasteiger partial charge is 0.490 e. The summed E-state index contributed by atoms with van der Waals surface area (Å²) in [5.74, 6) is -1.77. The Balaban J connectivity index is 0.000000451. The van der Waals surface area contributed by atoms with Crippen LogP contribution in [0.4, 0.5) is 36.3 Å². The number of carboxylic acids is 1. The molecular weight excluding hydrogens is 421 g/mol. The van der Waals surface area contributed by atoms with Gasteiger partial charge in [-0.05, 0) is 42.3 Å². The number of carbonyl (C=O) groups is 1. The van der Waals surface area contributed by atoms with Gasteiger partial charge in [0.25, 0.3) is 0 Å². The highest BCUT2D eigenvalue weighted by Gasteiger charge is 2.38. The fraction of sp³-hybridized carbons (Fsp3) is 0.0870. The molecule has 0 saturated carbocycles. The minimum absolute atomic E-state index is 0.467. The van der Waals surface area contributed by atoms with Gasteiger partial charge in [0.1, 0.15) is 5.82 Å². The van der Waals surface area contributed by atoms with E-state index in [0.29, 0.717) is 11.8 Å². The third-order valence-corrected chi connectivity index (χ3v) is 4.17. The lowest BCUT2D eigenvalue weighted by molar-refractivity contribution is -0.192. The molecule has 0 spiro atoms. The number of nitrogens with two attached hydrogens (primary N) is 1. The molecular formula is C23H21F3N4O2. The SMILES string of the molecule is C=Cc1cccc(N(c2cccc(C=C)c2)c2ncc(C)c(N)n2)c1.O=C(O)C(F)(F)F.